The third-order valence-corrected chi connectivity index (χ3v) is 4.71. The molecule has 114 valence electrons. The zero-order chi connectivity index (χ0) is 14.4. The van der Waals surface area contributed by atoms with E-state index in [0.717, 1.165) is 36.6 Å². The zero-order valence-electron chi connectivity index (χ0n) is 13.5. The van der Waals surface area contributed by atoms with E-state index >= 15 is 0 Å². The lowest BCUT2D eigenvalue weighted by Crippen LogP contribution is -2.19. The summed E-state index contributed by atoms with van der Waals surface area (Å²) in [7, 11) is 0. The molecule has 1 fully saturated rings. The van der Waals surface area contributed by atoms with E-state index in [-0.39, 0.29) is 0 Å². The third-order valence-electron chi connectivity index (χ3n) is 4.71. The number of rotatable bonds is 7. The highest BCUT2D eigenvalue weighted by molar-refractivity contribution is 5.28. The molecule has 2 rings (SSSR count). The SMILES string of the molecule is CCCCNc1nc(C)cn1CC1CCC(CC)CC1. The predicted molar refractivity (Wildman–Crippen MR) is 86.1 cm³/mol. The van der Waals surface area contributed by atoms with Crippen molar-refractivity contribution in [1.29, 1.82) is 0 Å². The van der Waals surface area contributed by atoms with Crippen LogP contribution in [0.2, 0.25) is 0 Å². The van der Waals surface area contributed by atoms with Gasteiger partial charge in [0.25, 0.3) is 0 Å². The first-order chi connectivity index (χ1) is 9.72. The first-order valence-electron chi connectivity index (χ1n) is 8.50. The van der Waals surface area contributed by atoms with Crippen LogP contribution < -0.4 is 5.32 Å². The molecule has 1 aromatic rings. The van der Waals surface area contributed by atoms with Crippen molar-refractivity contribution in [2.75, 3.05) is 11.9 Å². The number of imidazole rings is 1. The Hall–Kier alpha value is -0.990. The Bertz CT molecular complexity index is 389. The molecule has 0 saturated heterocycles. The van der Waals surface area contributed by atoms with Gasteiger partial charge in [-0.05, 0) is 38.0 Å². The molecule has 0 spiro atoms. The fourth-order valence-electron chi connectivity index (χ4n) is 3.30. The molecule has 0 aliphatic heterocycles. The van der Waals surface area contributed by atoms with Crippen molar-refractivity contribution in [1.82, 2.24) is 9.55 Å². The third kappa shape index (κ3) is 4.26. The molecule has 1 N–H and O–H groups in total. The molecule has 3 nitrogen and oxygen atoms in total. The first kappa shape index (κ1) is 15.4. The molecule has 1 heterocycles. The van der Waals surface area contributed by atoms with Crippen LogP contribution in [-0.2, 0) is 6.54 Å². The molecule has 0 atom stereocenters. The summed E-state index contributed by atoms with van der Waals surface area (Å²) in [6.07, 6.45) is 11.7. The lowest BCUT2D eigenvalue weighted by molar-refractivity contribution is 0.248. The van der Waals surface area contributed by atoms with Gasteiger partial charge in [-0.15, -0.1) is 0 Å². The van der Waals surface area contributed by atoms with Gasteiger partial charge in [0.2, 0.25) is 5.95 Å². The smallest absolute Gasteiger partial charge is 0.203 e. The molecule has 0 amide bonds. The Morgan fingerprint density at radius 1 is 1.20 bits per heavy atom. The Kier molecular flexibility index (Phi) is 5.93. The van der Waals surface area contributed by atoms with Crippen molar-refractivity contribution < 1.29 is 0 Å². The minimum absolute atomic E-state index is 0.845. The number of aromatic nitrogens is 2. The summed E-state index contributed by atoms with van der Waals surface area (Å²) in [5.41, 5.74) is 1.13. The van der Waals surface area contributed by atoms with Gasteiger partial charge in [0.05, 0.1) is 5.69 Å². The molecule has 1 saturated carbocycles. The van der Waals surface area contributed by atoms with Gasteiger partial charge < -0.3 is 9.88 Å². The fourth-order valence-corrected chi connectivity index (χ4v) is 3.30. The lowest BCUT2D eigenvalue weighted by atomic mass is 9.81. The highest BCUT2D eigenvalue weighted by Crippen LogP contribution is 2.32. The van der Waals surface area contributed by atoms with Crippen LogP contribution >= 0.6 is 0 Å². The van der Waals surface area contributed by atoms with Gasteiger partial charge in [-0.2, -0.15) is 0 Å². The molecule has 0 aromatic carbocycles. The summed E-state index contributed by atoms with van der Waals surface area (Å²) in [6, 6.07) is 0. The number of nitrogens with zero attached hydrogens (tertiary/aromatic N) is 2. The second-order valence-corrected chi connectivity index (χ2v) is 6.43. The maximum atomic E-state index is 4.63. The Morgan fingerprint density at radius 3 is 2.55 bits per heavy atom. The summed E-state index contributed by atoms with van der Waals surface area (Å²) in [4.78, 5) is 4.63. The van der Waals surface area contributed by atoms with Crippen LogP contribution in [0.3, 0.4) is 0 Å². The number of hydrogen-bond acceptors (Lipinski definition) is 2. The normalized spacial score (nSPS) is 22.9. The molecule has 0 radical (unpaired) electrons. The minimum atomic E-state index is 0.845. The number of hydrogen-bond donors (Lipinski definition) is 1. The van der Waals surface area contributed by atoms with E-state index in [9.17, 15) is 0 Å². The highest BCUT2D eigenvalue weighted by atomic mass is 15.2. The van der Waals surface area contributed by atoms with E-state index in [2.05, 4.69) is 41.8 Å². The van der Waals surface area contributed by atoms with Crippen molar-refractivity contribution in [3.63, 3.8) is 0 Å². The van der Waals surface area contributed by atoms with Gasteiger partial charge in [-0.3, -0.25) is 0 Å². The molecule has 3 heteroatoms. The van der Waals surface area contributed by atoms with Crippen LogP contribution in [0.4, 0.5) is 5.95 Å². The number of nitrogens with one attached hydrogen (secondary N) is 1. The van der Waals surface area contributed by atoms with Crippen molar-refractivity contribution in [3.8, 4) is 0 Å². The maximum absolute atomic E-state index is 4.63. The summed E-state index contributed by atoms with van der Waals surface area (Å²) < 4.78 is 2.35. The molecule has 1 aliphatic carbocycles. The molecule has 0 unspecified atom stereocenters. The van der Waals surface area contributed by atoms with Crippen molar-refractivity contribution in [3.05, 3.63) is 11.9 Å². The largest absolute Gasteiger partial charge is 0.356 e. The predicted octanol–water partition coefficient (Wildman–Crippen LogP) is 4.62. The second-order valence-electron chi connectivity index (χ2n) is 6.43. The molecule has 0 bridgehead atoms. The topological polar surface area (TPSA) is 29.9 Å². The monoisotopic (exact) mass is 277 g/mol. The molecular weight excluding hydrogens is 246 g/mol. The van der Waals surface area contributed by atoms with E-state index < -0.39 is 0 Å². The molecule has 20 heavy (non-hydrogen) atoms. The number of anilines is 1. The van der Waals surface area contributed by atoms with Crippen LogP contribution in [0.1, 0.15) is 64.5 Å². The van der Waals surface area contributed by atoms with Gasteiger partial charge in [-0.25, -0.2) is 4.98 Å². The van der Waals surface area contributed by atoms with Crippen molar-refractivity contribution in [2.24, 2.45) is 11.8 Å². The van der Waals surface area contributed by atoms with Crippen LogP contribution in [0.5, 0.6) is 0 Å². The molecule has 1 aromatic heterocycles. The molecule has 1 aliphatic rings. The summed E-state index contributed by atoms with van der Waals surface area (Å²) >= 11 is 0. The average molecular weight is 277 g/mol. The van der Waals surface area contributed by atoms with E-state index in [1.54, 1.807) is 0 Å². The molecular formula is C17H31N3. The van der Waals surface area contributed by atoms with E-state index in [4.69, 9.17) is 0 Å². The lowest BCUT2D eigenvalue weighted by Gasteiger charge is -2.28. The Balaban J connectivity index is 1.88. The summed E-state index contributed by atoms with van der Waals surface area (Å²) in [5.74, 6) is 2.91. The number of unbranched alkanes of at least 4 members (excludes halogenated alkanes) is 1. The van der Waals surface area contributed by atoms with Gasteiger partial charge in [0.15, 0.2) is 0 Å². The van der Waals surface area contributed by atoms with Crippen LogP contribution in [-0.4, -0.2) is 16.1 Å². The van der Waals surface area contributed by atoms with E-state index in [0.29, 0.717) is 0 Å². The summed E-state index contributed by atoms with van der Waals surface area (Å²) in [5, 5.41) is 3.50. The summed E-state index contributed by atoms with van der Waals surface area (Å²) in [6.45, 7) is 8.84. The second kappa shape index (κ2) is 7.70. The first-order valence-corrected chi connectivity index (χ1v) is 8.50. The van der Waals surface area contributed by atoms with Crippen LogP contribution in [0, 0.1) is 18.8 Å². The van der Waals surface area contributed by atoms with Gasteiger partial charge >= 0.3 is 0 Å². The van der Waals surface area contributed by atoms with Gasteiger partial charge in [0, 0.05) is 19.3 Å². The number of aryl methyl sites for hydroxylation is 1. The van der Waals surface area contributed by atoms with Crippen LogP contribution in [0.25, 0.3) is 0 Å². The standard InChI is InChI=1S/C17H31N3/c1-4-6-11-18-17-19-14(3)12-20(17)13-16-9-7-15(5-2)8-10-16/h12,15-16H,4-11,13H2,1-3H3,(H,18,19). The van der Waals surface area contributed by atoms with Crippen molar-refractivity contribution >= 4 is 5.95 Å². The fraction of sp³-hybridized carbons (Fsp3) is 0.824. The van der Waals surface area contributed by atoms with Gasteiger partial charge in [-0.1, -0.05) is 39.5 Å². The Labute approximate surface area is 124 Å². The zero-order valence-corrected chi connectivity index (χ0v) is 13.5. The maximum Gasteiger partial charge on any atom is 0.203 e. The van der Waals surface area contributed by atoms with Crippen LogP contribution in [0.15, 0.2) is 6.20 Å². The van der Waals surface area contributed by atoms with Gasteiger partial charge in [0.1, 0.15) is 0 Å². The Morgan fingerprint density at radius 2 is 1.90 bits per heavy atom. The van der Waals surface area contributed by atoms with E-state index in [1.165, 1.54) is 44.9 Å². The van der Waals surface area contributed by atoms with E-state index in [1.807, 2.05) is 0 Å². The average Bonchev–Trinajstić information content (AvgIpc) is 2.80. The van der Waals surface area contributed by atoms with Crippen molar-refractivity contribution in [2.45, 2.75) is 72.3 Å². The minimum Gasteiger partial charge on any atom is -0.356 e. The highest BCUT2D eigenvalue weighted by Gasteiger charge is 2.21. The quantitative estimate of drug-likeness (QED) is 0.737.